The number of nitrogens with one attached hydrogen (secondary N) is 2. The molecule has 0 atom stereocenters. The first-order valence-electron chi connectivity index (χ1n) is 7.86. The highest BCUT2D eigenvalue weighted by Gasteiger charge is 2.11. The van der Waals surface area contributed by atoms with Crippen molar-refractivity contribution in [2.45, 2.75) is 13.0 Å². The Morgan fingerprint density at radius 3 is 2.60 bits per heavy atom. The quantitative estimate of drug-likeness (QED) is 0.716. The lowest BCUT2D eigenvalue weighted by atomic mass is 10.2. The molecule has 0 saturated carbocycles. The molecule has 2 N–H and O–H groups in total. The number of rotatable bonds is 8. The van der Waals surface area contributed by atoms with E-state index in [1.807, 2.05) is 0 Å². The lowest BCUT2D eigenvalue weighted by Crippen LogP contribution is -2.27. The van der Waals surface area contributed by atoms with Gasteiger partial charge in [-0.2, -0.15) is 0 Å². The van der Waals surface area contributed by atoms with E-state index in [0.29, 0.717) is 25.1 Å². The molecule has 0 aliphatic heterocycles. The van der Waals surface area contributed by atoms with Crippen molar-refractivity contribution in [2.75, 3.05) is 20.3 Å². The van der Waals surface area contributed by atoms with E-state index >= 15 is 0 Å². The van der Waals surface area contributed by atoms with Crippen molar-refractivity contribution in [3.63, 3.8) is 0 Å². The van der Waals surface area contributed by atoms with Crippen LogP contribution >= 0.6 is 0 Å². The Hall–Kier alpha value is -2.80. The fourth-order valence-electron chi connectivity index (χ4n) is 2.09. The van der Waals surface area contributed by atoms with Crippen LogP contribution in [0.3, 0.4) is 0 Å². The summed E-state index contributed by atoms with van der Waals surface area (Å²) in [5.74, 6) is -1.00. The van der Waals surface area contributed by atoms with Crippen LogP contribution in [0.1, 0.15) is 32.8 Å². The SMILES string of the molecule is COCCCNC(=O)c1cc(C(=O)NCc2ccc(F)cc2)ccn1. The number of carbonyl (C=O) groups is 2. The van der Waals surface area contributed by atoms with E-state index in [9.17, 15) is 14.0 Å². The van der Waals surface area contributed by atoms with Gasteiger partial charge in [0.05, 0.1) is 0 Å². The monoisotopic (exact) mass is 345 g/mol. The largest absolute Gasteiger partial charge is 0.385 e. The molecule has 2 rings (SSSR count). The summed E-state index contributed by atoms with van der Waals surface area (Å²) in [5.41, 5.74) is 1.28. The van der Waals surface area contributed by atoms with Gasteiger partial charge in [0.2, 0.25) is 0 Å². The zero-order valence-electron chi connectivity index (χ0n) is 13.9. The van der Waals surface area contributed by atoms with Crippen molar-refractivity contribution in [1.82, 2.24) is 15.6 Å². The van der Waals surface area contributed by atoms with Crippen LogP contribution in [0.5, 0.6) is 0 Å². The van der Waals surface area contributed by atoms with Crippen LogP contribution < -0.4 is 10.6 Å². The van der Waals surface area contributed by atoms with Crippen molar-refractivity contribution in [3.8, 4) is 0 Å². The summed E-state index contributed by atoms with van der Waals surface area (Å²) in [4.78, 5) is 28.2. The summed E-state index contributed by atoms with van der Waals surface area (Å²) in [6.45, 7) is 1.29. The number of ether oxygens (including phenoxy) is 1. The molecule has 7 heteroatoms. The molecule has 132 valence electrons. The number of aromatic nitrogens is 1. The molecule has 1 heterocycles. The van der Waals surface area contributed by atoms with Crippen LogP contribution in [-0.4, -0.2) is 37.1 Å². The van der Waals surface area contributed by atoms with Gasteiger partial charge < -0.3 is 15.4 Å². The van der Waals surface area contributed by atoms with E-state index in [0.717, 1.165) is 5.56 Å². The van der Waals surface area contributed by atoms with Crippen LogP contribution in [-0.2, 0) is 11.3 Å². The predicted octanol–water partition coefficient (Wildman–Crippen LogP) is 1.92. The molecule has 1 aromatic carbocycles. The highest BCUT2D eigenvalue weighted by atomic mass is 19.1. The number of amides is 2. The molecule has 0 radical (unpaired) electrons. The fourth-order valence-corrected chi connectivity index (χ4v) is 2.09. The van der Waals surface area contributed by atoms with Crippen LogP contribution in [0.15, 0.2) is 42.6 Å². The first kappa shape index (κ1) is 18.5. The summed E-state index contributed by atoms with van der Waals surface area (Å²) >= 11 is 0. The van der Waals surface area contributed by atoms with E-state index in [4.69, 9.17) is 4.74 Å². The highest BCUT2D eigenvalue weighted by molar-refractivity contribution is 5.98. The molecule has 25 heavy (non-hydrogen) atoms. The number of carbonyl (C=O) groups excluding carboxylic acids is 2. The van der Waals surface area contributed by atoms with Gasteiger partial charge in [0.1, 0.15) is 11.5 Å². The number of nitrogens with zero attached hydrogens (tertiary/aromatic N) is 1. The van der Waals surface area contributed by atoms with Gasteiger partial charge in [-0.3, -0.25) is 14.6 Å². The molecule has 2 aromatic rings. The minimum atomic E-state index is -0.343. The minimum Gasteiger partial charge on any atom is -0.385 e. The lowest BCUT2D eigenvalue weighted by molar-refractivity contribution is 0.0943. The van der Waals surface area contributed by atoms with Crippen LogP contribution in [0, 0.1) is 5.82 Å². The summed E-state index contributed by atoms with van der Waals surface area (Å²) in [6, 6.07) is 8.83. The predicted molar refractivity (Wildman–Crippen MR) is 90.6 cm³/mol. The normalized spacial score (nSPS) is 10.3. The zero-order chi connectivity index (χ0) is 18.1. The smallest absolute Gasteiger partial charge is 0.269 e. The van der Waals surface area contributed by atoms with Gasteiger partial charge in [0, 0.05) is 38.6 Å². The highest BCUT2D eigenvalue weighted by Crippen LogP contribution is 2.05. The molecule has 0 aliphatic rings. The number of halogens is 1. The lowest BCUT2D eigenvalue weighted by Gasteiger charge is -2.07. The van der Waals surface area contributed by atoms with E-state index in [1.54, 1.807) is 19.2 Å². The average Bonchev–Trinajstić information content (AvgIpc) is 2.64. The number of hydrogen-bond donors (Lipinski definition) is 2. The third-order valence-electron chi connectivity index (χ3n) is 3.43. The second-order valence-corrected chi connectivity index (χ2v) is 5.34. The van der Waals surface area contributed by atoms with Crippen LogP contribution in [0.25, 0.3) is 0 Å². The third-order valence-corrected chi connectivity index (χ3v) is 3.43. The number of methoxy groups -OCH3 is 1. The summed E-state index contributed by atoms with van der Waals surface area (Å²) in [7, 11) is 1.59. The van der Waals surface area contributed by atoms with Crippen molar-refractivity contribution in [3.05, 3.63) is 65.2 Å². The first-order chi connectivity index (χ1) is 12.1. The maximum absolute atomic E-state index is 12.9. The van der Waals surface area contributed by atoms with Gasteiger partial charge in [0.25, 0.3) is 11.8 Å². The number of hydrogen-bond acceptors (Lipinski definition) is 4. The summed E-state index contributed by atoms with van der Waals surface area (Å²) in [6.07, 6.45) is 2.11. The van der Waals surface area contributed by atoms with Gasteiger partial charge >= 0.3 is 0 Å². The van der Waals surface area contributed by atoms with E-state index in [-0.39, 0.29) is 29.9 Å². The Morgan fingerprint density at radius 2 is 1.88 bits per heavy atom. The number of pyridine rings is 1. The Bertz CT molecular complexity index is 720. The fraction of sp³-hybridized carbons (Fsp3) is 0.278. The Kier molecular flexibility index (Phi) is 7.03. The van der Waals surface area contributed by atoms with Crippen LogP contribution in [0.2, 0.25) is 0 Å². The van der Waals surface area contributed by atoms with E-state index < -0.39 is 0 Å². The van der Waals surface area contributed by atoms with E-state index in [1.165, 1.54) is 30.5 Å². The van der Waals surface area contributed by atoms with Crippen molar-refractivity contribution >= 4 is 11.8 Å². The molecule has 0 saturated heterocycles. The second-order valence-electron chi connectivity index (χ2n) is 5.34. The van der Waals surface area contributed by atoms with Crippen molar-refractivity contribution < 1.29 is 18.7 Å². The summed E-state index contributed by atoms with van der Waals surface area (Å²) in [5, 5.41) is 5.44. The molecule has 2 amide bonds. The van der Waals surface area contributed by atoms with Gasteiger partial charge in [-0.15, -0.1) is 0 Å². The minimum absolute atomic E-state index is 0.173. The molecular weight excluding hydrogens is 325 g/mol. The topological polar surface area (TPSA) is 80.3 Å². The Morgan fingerprint density at radius 1 is 1.12 bits per heavy atom. The molecule has 0 aliphatic carbocycles. The van der Waals surface area contributed by atoms with Gasteiger partial charge in [0.15, 0.2) is 0 Å². The maximum atomic E-state index is 12.9. The molecular formula is C18H20FN3O3. The van der Waals surface area contributed by atoms with Gasteiger partial charge in [-0.25, -0.2) is 4.39 Å². The van der Waals surface area contributed by atoms with Gasteiger partial charge in [-0.1, -0.05) is 12.1 Å². The van der Waals surface area contributed by atoms with Crippen molar-refractivity contribution in [2.24, 2.45) is 0 Å². The molecule has 0 spiro atoms. The number of benzene rings is 1. The zero-order valence-corrected chi connectivity index (χ0v) is 13.9. The second kappa shape index (κ2) is 9.48. The Labute approximate surface area is 145 Å². The standard InChI is InChI=1S/C18H20FN3O3/c1-25-10-2-8-21-18(24)16-11-14(7-9-20-16)17(23)22-12-13-3-5-15(19)6-4-13/h3-7,9,11H,2,8,10,12H2,1H3,(H,21,24)(H,22,23). The molecule has 6 nitrogen and oxygen atoms in total. The Balaban J connectivity index is 1.91. The van der Waals surface area contributed by atoms with E-state index in [2.05, 4.69) is 15.6 Å². The molecule has 1 aromatic heterocycles. The average molecular weight is 345 g/mol. The third kappa shape index (κ3) is 5.96. The molecule has 0 bridgehead atoms. The summed E-state index contributed by atoms with van der Waals surface area (Å²) < 4.78 is 17.8. The first-order valence-corrected chi connectivity index (χ1v) is 7.86. The van der Waals surface area contributed by atoms with Crippen LogP contribution in [0.4, 0.5) is 4.39 Å². The molecule has 0 unspecified atom stereocenters. The maximum Gasteiger partial charge on any atom is 0.269 e. The molecule has 0 fully saturated rings. The van der Waals surface area contributed by atoms with Crippen molar-refractivity contribution in [1.29, 1.82) is 0 Å². The van der Waals surface area contributed by atoms with Gasteiger partial charge in [-0.05, 0) is 36.2 Å².